The zero-order chi connectivity index (χ0) is 19.0. The first-order valence-electron chi connectivity index (χ1n) is 8.22. The Morgan fingerprint density at radius 1 is 1.33 bits per heavy atom. The number of benzene rings is 1. The number of pyridine rings is 1. The monoisotopic (exact) mass is 397 g/mol. The third kappa shape index (κ3) is 3.72. The van der Waals surface area contributed by atoms with Crippen LogP contribution in [0.5, 0.6) is 5.75 Å². The number of carbonyl (C=O) groups is 2. The van der Waals surface area contributed by atoms with Crippen molar-refractivity contribution in [1.29, 1.82) is 0 Å². The summed E-state index contributed by atoms with van der Waals surface area (Å²) in [5.74, 6) is 0.303. The topological polar surface area (TPSA) is 71.5 Å². The van der Waals surface area contributed by atoms with Crippen molar-refractivity contribution in [3.8, 4) is 5.75 Å². The molecule has 8 heteroatoms. The number of thiocarbonyl (C=S) groups is 1. The van der Waals surface area contributed by atoms with Crippen molar-refractivity contribution in [3.63, 3.8) is 0 Å². The Labute approximate surface area is 165 Å². The fourth-order valence-electron chi connectivity index (χ4n) is 2.94. The van der Waals surface area contributed by atoms with Crippen LogP contribution >= 0.6 is 24.0 Å². The smallest absolute Gasteiger partial charge is 0.265 e. The standard InChI is InChI=1S/C19H15N3O3S2/c1-11-4-13(8-20-7-11)9-22-14-5-12(2-3-15(14)25-10-17(22)23)6-16-18(24)21-19(26)27-16/h2-8H,9-10H2,1H3,(H,21,24,26)/b16-6+. The average molecular weight is 397 g/mol. The summed E-state index contributed by atoms with van der Waals surface area (Å²) in [6, 6.07) is 7.51. The number of rotatable bonds is 3. The van der Waals surface area contributed by atoms with Crippen molar-refractivity contribution < 1.29 is 14.3 Å². The van der Waals surface area contributed by atoms with Crippen molar-refractivity contribution in [2.24, 2.45) is 0 Å². The number of nitrogens with one attached hydrogen (secondary N) is 1. The molecule has 0 aliphatic carbocycles. The predicted octanol–water partition coefficient (Wildman–Crippen LogP) is 2.80. The molecule has 0 radical (unpaired) electrons. The number of amides is 2. The maximum atomic E-state index is 12.5. The number of ether oxygens (including phenoxy) is 1. The van der Waals surface area contributed by atoms with Gasteiger partial charge in [0.1, 0.15) is 10.1 Å². The van der Waals surface area contributed by atoms with Gasteiger partial charge >= 0.3 is 0 Å². The van der Waals surface area contributed by atoms with Gasteiger partial charge in [-0.15, -0.1) is 0 Å². The van der Waals surface area contributed by atoms with Gasteiger partial charge < -0.3 is 15.0 Å². The molecule has 3 heterocycles. The van der Waals surface area contributed by atoms with Gasteiger partial charge in [0.15, 0.2) is 6.61 Å². The van der Waals surface area contributed by atoms with Gasteiger partial charge in [-0.05, 0) is 41.8 Å². The summed E-state index contributed by atoms with van der Waals surface area (Å²) < 4.78 is 6.00. The highest BCUT2D eigenvalue weighted by atomic mass is 32.2. The van der Waals surface area contributed by atoms with Gasteiger partial charge in [0.2, 0.25) is 0 Å². The van der Waals surface area contributed by atoms with Gasteiger partial charge in [-0.2, -0.15) is 0 Å². The first-order valence-corrected chi connectivity index (χ1v) is 9.45. The van der Waals surface area contributed by atoms with Crippen molar-refractivity contribution in [2.45, 2.75) is 13.5 Å². The number of anilines is 1. The largest absolute Gasteiger partial charge is 0.482 e. The minimum Gasteiger partial charge on any atom is -0.482 e. The molecule has 0 unspecified atom stereocenters. The number of aryl methyl sites for hydroxylation is 1. The molecule has 1 saturated heterocycles. The summed E-state index contributed by atoms with van der Waals surface area (Å²) in [5, 5.41) is 2.59. The predicted molar refractivity (Wildman–Crippen MR) is 108 cm³/mol. The van der Waals surface area contributed by atoms with E-state index in [1.807, 2.05) is 31.2 Å². The fourth-order valence-corrected chi connectivity index (χ4v) is 3.99. The summed E-state index contributed by atoms with van der Waals surface area (Å²) in [6.07, 6.45) is 5.28. The van der Waals surface area contributed by atoms with E-state index in [2.05, 4.69) is 10.3 Å². The van der Waals surface area contributed by atoms with Crippen LogP contribution in [0.3, 0.4) is 0 Å². The van der Waals surface area contributed by atoms with Crippen LogP contribution in [0.25, 0.3) is 6.08 Å². The molecule has 2 aliphatic heterocycles. The van der Waals surface area contributed by atoms with Crippen molar-refractivity contribution in [2.75, 3.05) is 11.5 Å². The number of hydrogen-bond acceptors (Lipinski definition) is 6. The van der Waals surface area contributed by atoms with E-state index in [0.29, 0.717) is 27.2 Å². The lowest BCUT2D eigenvalue weighted by Gasteiger charge is -2.29. The Morgan fingerprint density at radius 2 is 2.19 bits per heavy atom. The molecule has 1 aromatic heterocycles. The molecule has 136 valence electrons. The molecular weight excluding hydrogens is 382 g/mol. The molecule has 1 aromatic carbocycles. The van der Waals surface area contributed by atoms with Crippen LogP contribution in [0.15, 0.2) is 41.6 Å². The van der Waals surface area contributed by atoms with Crippen LogP contribution in [0.2, 0.25) is 0 Å². The van der Waals surface area contributed by atoms with Crippen molar-refractivity contribution in [1.82, 2.24) is 10.3 Å². The van der Waals surface area contributed by atoms with Gasteiger partial charge in [-0.3, -0.25) is 14.6 Å². The number of aromatic nitrogens is 1. The molecule has 1 fully saturated rings. The van der Waals surface area contributed by atoms with E-state index in [1.54, 1.807) is 23.4 Å². The molecular formula is C19H15N3O3S2. The van der Waals surface area contributed by atoms with Gasteiger partial charge in [-0.25, -0.2) is 0 Å². The molecule has 2 amide bonds. The van der Waals surface area contributed by atoms with E-state index in [-0.39, 0.29) is 18.4 Å². The van der Waals surface area contributed by atoms with Gasteiger partial charge in [0.25, 0.3) is 11.8 Å². The van der Waals surface area contributed by atoms with E-state index in [4.69, 9.17) is 17.0 Å². The normalized spacial score (nSPS) is 17.7. The fraction of sp³-hybridized carbons (Fsp3) is 0.158. The van der Waals surface area contributed by atoms with Gasteiger partial charge in [0, 0.05) is 12.4 Å². The molecule has 6 nitrogen and oxygen atoms in total. The summed E-state index contributed by atoms with van der Waals surface area (Å²) >= 11 is 6.24. The van der Waals surface area contributed by atoms with Crippen LogP contribution < -0.4 is 15.0 Å². The molecule has 0 bridgehead atoms. The van der Waals surface area contributed by atoms with E-state index in [1.165, 1.54) is 11.8 Å². The van der Waals surface area contributed by atoms with Crippen LogP contribution in [0, 0.1) is 6.92 Å². The number of carbonyl (C=O) groups excluding carboxylic acids is 2. The second kappa shape index (κ2) is 7.13. The number of hydrogen-bond donors (Lipinski definition) is 1. The lowest BCUT2D eigenvalue weighted by molar-refractivity contribution is -0.121. The molecule has 2 aliphatic rings. The van der Waals surface area contributed by atoms with E-state index in [0.717, 1.165) is 16.7 Å². The Bertz CT molecular complexity index is 1000. The summed E-state index contributed by atoms with van der Waals surface area (Å²) in [5.41, 5.74) is 3.44. The lowest BCUT2D eigenvalue weighted by Crippen LogP contribution is -2.38. The SMILES string of the molecule is Cc1cncc(CN2C(=O)COc3ccc(/C=C4/SC(=S)NC4=O)cc32)c1. The summed E-state index contributed by atoms with van der Waals surface area (Å²) in [6.45, 7) is 2.37. The Morgan fingerprint density at radius 3 is 2.93 bits per heavy atom. The molecule has 0 spiro atoms. The number of thioether (sulfide) groups is 1. The second-order valence-corrected chi connectivity index (χ2v) is 7.94. The molecule has 4 rings (SSSR count). The van der Waals surface area contributed by atoms with Gasteiger partial charge in [-0.1, -0.05) is 36.1 Å². The minimum absolute atomic E-state index is 0.000785. The van der Waals surface area contributed by atoms with Crippen LogP contribution in [-0.4, -0.2) is 27.7 Å². The molecule has 27 heavy (non-hydrogen) atoms. The van der Waals surface area contributed by atoms with Crippen molar-refractivity contribution >= 4 is 51.9 Å². The Hall–Kier alpha value is -2.71. The highest BCUT2D eigenvalue weighted by Crippen LogP contribution is 2.35. The average Bonchev–Trinajstić information content (AvgIpc) is 2.95. The van der Waals surface area contributed by atoms with Crippen LogP contribution in [-0.2, 0) is 16.1 Å². The summed E-state index contributed by atoms with van der Waals surface area (Å²) in [7, 11) is 0. The van der Waals surface area contributed by atoms with E-state index < -0.39 is 0 Å². The zero-order valence-electron chi connectivity index (χ0n) is 14.4. The third-order valence-electron chi connectivity index (χ3n) is 4.14. The number of nitrogens with zero attached hydrogens (tertiary/aromatic N) is 2. The van der Waals surface area contributed by atoms with Crippen LogP contribution in [0.4, 0.5) is 5.69 Å². The molecule has 2 aromatic rings. The maximum Gasteiger partial charge on any atom is 0.265 e. The minimum atomic E-state index is -0.210. The highest BCUT2D eigenvalue weighted by Gasteiger charge is 2.27. The number of fused-ring (bicyclic) bond motifs is 1. The first-order chi connectivity index (χ1) is 13.0. The lowest BCUT2D eigenvalue weighted by atomic mass is 10.1. The Balaban J connectivity index is 1.68. The van der Waals surface area contributed by atoms with Gasteiger partial charge in [0.05, 0.1) is 17.1 Å². The summed E-state index contributed by atoms with van der Waals surface area (Å²) in [4.78, 5) is 30.8. The first kappa shape index (κ1) is 17.7. The Kier molecular flexibility index (Phi) is 4.67. The van der Waals surface area contributed by atoms with E-state index >= 15 is 0 Å². The zero-order valence-corrected chi connectivity index (χ0v) is 16.0. The molecule has 0 saturated carbocycles. The second-order valence-electron chi connectivity index (χ2n) is 6.22. The maximum absolute atomic E-state index is 12.5. The molecule has 1 N–H and O–H groups in total. The molecule has 0 atom stereocenters. The quantitative estimate of drug-likeness (QED) is 0.634. The highest BCUT2D eigenvalue weighted by molar-refractivity contribution is 8.26. The van der Waals surface area contributed by atoms with Crippen LogP contribution in [0.1, 0.15) is 16.7 Å². The third-order valence-corrected chi connectivity index (χ3v) is 5.30. The van der Waals surface area contributed by atoms with E-state index in [9.17, 15) is 9.59 Å². The van der Waals surface area contributed by atoms with Crippen molar-refractivity contribution in [3.05, 3.63) is 58.3 Å².